The quantitative estimate of drug-likeness (QED) is 0.289. The van der Waals surface area contributed by atoms with Crippen LogP contribution in [0.2, 0.25) is 0 Å². The minimum atomic E-state index is -0.282. The number of benzene rings is 3. The summed E-state index contributed by atoms with van der Waals surface area (Å²) in [7, 11) is 0. The molecule has 0 nitrogen and oxygen atoms in total. The first-order valence-corrected chi connectivity index (χ1v) is 9.94. The highest BCUT2D eigenvalue weighted by Crippen LogP contribution is 2.41. The van der Waals surface area contributed by atoms with Gasteiger partial charge in [-0.25, -0.2) is 0 Å². The Hall–Kier alpha value is -0.680. The molecule has 0 aliphatic rings. The fraction of sp³-hybridized carbons (Fsp3) is 0.100. The smallest absolute Gasteiger partial charge is 0.0424 e. The van der Waals surface area contributed by atoms with Gasteiger partial charge in [0.05, 0.1) is 0 Å². The molecule has 122 valence electrons. The summed E-state index contributed by atoms with van der Waals surface area (Å²) in [6.07, 6.45) is 0. The maximum Gasteiger partial charge on any atom is 0.0424 e. The van der Waals surface area contributed by atoms with Gasteiger partial charge in [0.2, 0.25) is 0 Å². The molecule has 24 heavy (non-hydrogen) atoms. The van der Waals surface area contributed by atoms with E-state index in [9.17, 15) is 0 Å². The molecule has 0 aliphatic carbocycles. The Bertz CT molecular complexity index is 825. The van der Waals surface area contributed by atoms with E-state index in [1.54, 1.807) is 0 Å². The second-order valence-electron chi connectivity index (χ2n) is 5.82. The predicted molar refractivity (Wildman–Crippen MR) is 115 cm³/mol. The SMILES string of the molecule is CC(c1ccccc1)(c1ccc(S)c(Br)c1)c1ccc(S)c(Br)c1. The van der Waals surface area contributed by atoms with Crippen LogP contribution in [0.5, 0.6) is 0 Å². The molecule has 0 aromatic heterocycles. The Morgan fingerprint density at radius 2 is 1.12 bits per heavy atom. The summed E-state index contributed by atoms with van der Waals surface area (Å²) in [5.41, 5.74) is 3.37. The zero-order valence-electron chi connectivity index (χ0n) is 13.0. The van der Waals surface area contributed by atoms with E-state index in [1.165, 1.54) is 16.7 Å². The van der Waals surface area contributed by atoms with E-state index in [0.717, 1.165) is 18.7 Å². The monoisotopic (exact) mass is 478 g/mol. The minimum Gasteiger partial charge on any atom is -0.142 e. The molecule has 0 saturated heterocycles. The standard InChI is InChI=1S/C20H16Br2S2/c1-20(13-5-3-2-4-6-13,14-7-9-18(23)16(21)11-14)15-8-10-19(24)17(22)12-15/h2-12,23-24H,1H3. The minimum absolute atomic E-state index is 0.282. The predicted octanol–water partition coefficient (Wildman–Crippen LogP) is 7.14. The summed E-state index contributed by atoms with van der Waals surface area (Å²) in [5.74, 6) is 0. The van der Waals surface area contributed by atoms with Crippen LogP contribution in [-0.4, -0.2) is 0 Å². The van der Waals surface area contributed by atoms with E-state index >= 15 is 0 Å². The number of hydrogen-bond donors (Lipinski definition) is 2. The lowest BCUT2D eigenvalue weighted by molar-refractivity contribution is 0.689. The van der Waals surface area contributed by atoms with E-state index < -0.39 is 0 Å². The van der Waals surface area contributed by atoms with Crippen molar-refractivity contribution in [3.63, 3.8) is 0 Å². The number of hydrogen-bond acceptors (Lipinski definition) is 2. The third-order valence-corrected chi connectivity index (χ3v) is 7.11. The molecule has 0 N–H and O–H groups in total. The molecule has 0 unspecified atom stereocenters. The van der Waals surface area contributed by atoms with Crippen LogP contribution < -0.4 is 0 Å². The van der Waals surface area contributed by atoms with Crippen molar-refractivity contribution in [3.8, 4) is 0 Å². The van der Waals surface area contributed by atoms with Gasteiger partial charge in [0.25, 0.3) is 0 Å². The van der Waals surface area contributed by atoms with Gasteiger partial charge in [0.1, 0.15) is 0 Å². The van der Waals surface area contributed by atoms with Gasteiger partial charge >= 0.3 is 0 Å². The lowest BCUT2D eigenvalue weighted by Crippen LogP contribution is -2.25. The van der Waals surface area contributed by atoms with Crippen molar-refractivity contribution >= 4 is 57.1 Å². The molecule has 0 bridgehead atoms. The molecule has 0 fully saturated rings. The zero-order chi connectivity index (χ0) is 17.3. The fourth-order valence-electron chi connectivity index (χ4n) is 2.91. The van der Waals surface area contributed by atoms with Gasteiger partial charge in [-0.05, 0) is 79.7 Å². The molecule has 3 aromatic carbocycles. The summed E-state index contributed by atoms with van der Waals surface area (Å²) in [6, 6.07) is 23.2. The van der Waals surface area contributed by atoms with Gasteiger partial charge in [-0.1, -0.05) is 42.5 Å². The van der Waals surface area contributed by atoms with Crippen LogP contribution in [0.3, 0.4) is 0 Å². The summed E-state index contributed by atoms with van der Waals surface area (Å²) >= 11 is 16.2. The van der Waals surface area contributed by atoms with Gasteiger partial charge in [-0.2, -0.15) is 0 Å². The second kappa shape index (κ2) is 7.28. The van der Waals surface area contributed by atoms with Crippen molar-refractivity contribution in [1.82, 2.24) is 0 Å². The average molecular weight is 480 g/mol. The Morgan fingerprint density at radius 1 is 0.667 bits per heavy atom. The first kappa shape index (κ1) is 18.1. The van der Waals surface area contributed by atoms with Gasteiger partial charge < -0.3 is 0 Å². The summed E-state index contributed by atoms with van der Waals surface area (Å²) in [4.78, 5) is 1.86. The Kier molecular flexibility index (Phi) is 5.50. The number of rotatable bonds is 3. The third kappa shape index (κ3) is 3.34. The molecule has 0 aliphatic heterocycles. The molecule has 0 radical (unpaired) electrons. The van der Waals surface area contributed by atoms with E-state index in [2.05, 4.69) is 113 Å². The largest absolute Gasteiger partial charge is 0.142 e. The van der Waals surface area contributed by atoms with Crippen molar-refractivity contribution < 1.29 is 0 Å². The lowest BCUT2D eigenvalue weighted by Gasteiger charge is -2.32. The van der Waals surface area contributed by atoms with Crippen molar-refractivity contribution in [3.05, 3.63) is 92.4 Å². The molecular formula is C20H16Br2S2. The molecule has 4 heteroatoms. The lowest BCUT2D eigenvalue weighted by atomic mass is 9.71. The van der Waals surface area contributed by atoms with Gasteiger partial charge in [-0.15, -0.1) is 25.3 Å². The maximum atomic E-state index is 4.48. The highest BCUT2D eigenvalue weighted by molar-refractivity contribution is 9.10. The molecule has 0 heterocycles. The topological polar surface area (TPSA) is 0 Å². The maximum absolute atomic E-state index is 4.48. The second-order valence-corrected chi connectivity index (χ2v) is 8.50. The highest BCUT2D eigenvalue weighted by atomic mass is 79.9. The van der Waals surface area contributed by atoms with E-state index in [-0.39, 0.29) is 5.41 Å². The van der Waals surface area contributed by atoms with Crippen LogP contribution in [0.1, 0.15) is 23.6 Å². The normalized spacial score (nSPS) is 11.5. The highest BCUT2D eigenvalue weighted by Gasteiger charge is 2.31. The van der Waals surface area contributed by atoms with Crippen LogP contribution in [-0.2, 0) is 5.41 Å². The van der Waals surface area contributed by atoms with E-state index in [4.69, 9.17) is 0 Å². The van der Waals surface area contributed by atoms with Gasteiger partial charge in [-0.3, -0.25) is 0 Å². The molecule has 0 spiro atoms. The van der Waals surface area contributed by atoms with Crippen LogP contribution in [0.25, 0.3) is 0 Å². The fourth-order valence-corrected chi connectivity index (χ4v) is 3.94. The third-order valence-electron chi connectivity index (χ3n) is 4.40. The van der Waals surface area contributed by atoms with Crippen molar-refractivity contribution in [2.24, 2.45) is 0 Å². The molecular weight excluding hydrogens is 464 g/mol. The molecule has 0 atom stereocenters. The Balaban J connectivity index is 2.28. The zero-order valence-corrected chi connectivity index (χ0v) is 18.0. The van der Waals surface area contributed by atoms with Gasteiger partial charge in [0.15, 0.2) is 0 Å². The van der Waals surface area contributed by atoms with Crippen LogP contribution in [0, 0.1) is 0 Å². The summed E-state index contributed by atoms with van der Waals surface area (Å²) in [5, 5.41) is 0. The van der Waals surface area contributed by atoms with Crippen LogP contribution in [0.15, 0.2) is 85.5 Å². The van der Waals surface area contributed by atoms with Crippen LogP contribution >= 0.6 is 57.1 Å². The first-order valence-electron chi connectivity index (χ1n) is 7.46. The summed E-state index contributed by atoms with van der Waals surface area (Å²) in [6.45, 7) is 2.25. The van der Waals surface area contributed by atoms with Gasteiger partial charge in [0, 0.05) is 24.2 Å². The van der Waals surface area contributed by atoms with E-state index in [0.29, 0.717) is 0 Å². The van der Waals surface area contributed by atoms with Crippen LogP contribution in [0.4, 0.5) is 0 Å². The number of thiol groups is 2. The molecule has 3 rings (SSSR count). The van der Waals surface area contributed by atoms with E-state index in [1.807, 2.05) is 18.2 Å². The Labute approximate surface area is 170 Å². The van der Waals surface area contributed by atoms with Crippen molar-refractivity contribution in [1.29, 1.82) is 0 Å². The number of halogens is 2. The summed E-state index contributed by atoms with van der Waals surface area (Å²) < 4.78 is 1.99. The Morgan fingerprint density at radius 3 is 1.54 bits per heavy atom. The molecule has 0 amide bonds. The average Bonchev–Trinajstić information content (AvgIpc) is 2.60. The first-order chi connectivity index (χ1) is 11.4. The van der Waals surface area contributed by atoms with Crippen molar-refractivity contribution in [2.45, 2.75) is 22.1 Å². The van der Waals surface area contributed by atoms with Crippen molar-refractivity contribution in [2.75, 3.05) is 0 Å². The molecule has 3 aromatic rings. The molecule has 0 saturated carbocycles.